The monoisotopic (exact) mass is 408 g/mol. The minimum atomic E-state index is -0.513. The van der Waals surface area contributed by atoms with Crippen molar-refractivity contribution >= 4 is 23.5 Å². The van der Waals surface area contributed by atoms with Crippen LogP contribution in [-0.4, -0.2) is 38.0 Å². The van der Waals surface area contributed by atoms with E-state index < -0.39 is 11.9 Å². The largest absolute Gasteiger partial charge is 0.493 e. The summed E-state index contributed by atoms with van der Waals surface area (Å²) in [6.07, 6.45) is 0.781. The minimum Gasteiger partial charge on any atom is -0.493 e. The summed E-state index contributed by atoms with van der Waals surface area (Å²) in [5.74, 6) is -0.566. The molecule has 7 nitrogen and oxygen atoms in total. The summed E-state index contributed by atoms with van der Waals surface area (Å²) in [5.41, 5.74) is 2.84. The van der Waals surface area contributed by atoms with E-state index in [-0.39, 0.29) is 30.8 Å². The average Bonchev–Trinajstić information content (AvgIpc) is 3.15. The first-order chi connectivity index (χ1) is 14.5. The van der Waals surface area contributed by atoms with Gasteiger partial charge in [-0.05, 0) is 25.1 Å². The van der Waals surface area contributed by atoms with E-state index in [1.165, 1.54) is 12.0 Å². The Bertz CT molecular complexity index is 1000. The fourth-order valence-corrected chi connectivity index (χ4v) is 4.06. The number of fused-ring (bicyclic) bond motifs is 1. The van der Waals surface area contributed by atoms with Crippen molar-refractivity contribution in [2.24, 2.45) is 5.92 Å². The van der Waals surface area contributed by atoms with Gasteiger partial charge < -0.3 is 19.7 Å². The number of methoxy groups -OCH3 is 1. The normalized spacial score (nSPS) is 20.3. The lowest BCUT2D eigenvalue weighted by Crippen LogP contribution is -2.37. The van der Waals surface area contributed by atoms with E-state index >= 15 is 0 Å². The SMILES string of the molecule is COC(=O)c1ccccc1N1CC(C(=O)NC2CCOc3ccc(C)cc32)CC1=O. The molecular weight excluding hydrogens is 384 g/mol. The van der Waals surface area contributed by atoms with Gasteiger partial charge >= 0.3 is 5.97 Å². The zero-order chi connectivity index (χ0) is 21.3. The van der Waals surface area contributed by atoms with Gasteiger partial charge in [0.15, 0.2) is 0 Å². The number of ether oxygens (including phenoxy) is 2. The van der Waals surface area contributed by atoms with E-state index in [0.29, 0.717) is 24.3 Å². The lowest BCUT2D eigenvalue weighted by atomic mass is 9.97. The van der Waals surface area contributed by atoms with Gasteiger partial charge in [-0.15, -0.1) is 0 Å². The van der Waals surface area contributed by atoms with Crippen molar-refractivity contribution in [3.05, 3.63) is 59.2 Å². The Kier molecular flexibility index (Phi) is 5.44. The van der Waals surface area contributed by atoms with Crippen molar-refractivity contribution in [3.63, 3.8) is 0 Å². The highest BCUT2D eigenvalue weighted by molar-refractivity contribution is 6.05. The quantitative estimate of drug-likeness (QED) is 0.787. The Labute approximate surface area is 175 Å². The number of benzene rings is 2. The molecule has 2 aliphatic heterocycles. The van der Waals surface area contributed by atoms with Crippen LogP contribution in [-0.2, 0) is 14.3 Å². The van der Waals surface area contributed by atoms with Crippen LogP contribution in [0.2, 0.25) is 0 Å². The standard InChI is InChI=1S/C23H24N2O5/c1-14-7-8-20-17(11-14)18(9-10-30-20)24-22(27)15-12-21(26)25(13-15)19-6-4-3-5-16(19)23(28)29-2/h3-8,11,15,18H,9-10,12-13H2,1-2H3,(H,24,27). The smallest absolute Gasteiger partial charge is 0.339 e. The van der Waals surface area contributed by atoms with Crippen molar-refractivity contribution in [2.45, 2.75) is 25.8 Å². The van der Waals surface area contributed by atoms with E-state index in [4.69, 9.17) is 9.47 Å². The Hall–Kier alpha value is -3.35. The van der Waals surface area contributed by atoms with Crippen LogP contribution in [0.4, 0.5) is 5.69 Å². The van der Waals surface area contributed by atoms with Gasteiger partial charge in [-0.25, -0.2) is 4.79 Å². The Morgan fingerprint density at radius 3 is 2.80 bits per heavy atom. The third-order valence-corrected chi connectivity index (χ3v) is 5.62. The molecule has 0 bridgehead atoms. The number of hydrogen-bond donors (Lipinski definition) is 1. The number of aryl methyl sites for hydroxylation is 1. The van der Waals surface area contributed by atoms with Crippen LogP contribution in [0.1, 0.15) is 40.4 Å². The summed E-state index contributed by atoms with van der Waals surface area (Å²) in [6, 6.07) is 12.6. The minimum absolute atomic E-state index is 0.102. The van der Waals surface area contributed by atoms with Crippen molar-refractivity contribution in [1.82, 2.24) is 5.32 Å². The molecule has 0 aliphatic carbocycles. The fraction of sp³-hybridized carbons (Fsp3) is 0.348. The molecule has 0 saturated carbocycles. The van der Waals surface area contributed by atoms with Crippen LogP contribution in [0.5, 0.6) is 5.75 Å². The molecule has 7 heteroatoms. The Balaban J connectivity index is 1.50. The highest BCUT2D eigenvalue weighted by atomic mass is 16.5. The zero-order valence-electron chi connectivity index (χ0n) is 17.0. The summed E-state index contributed by atoms with van der Waals surface area (Å²) >= 11 is 0. The number of amides is 2. The van der Waals surface area contributed by atoms with E-state index in [1.807, 2.05) is 25.1 Å². The molecule has 1 N–H and O–H groups in total. The molecule has 30 heavy (non-hydrogen) atoms. The van der Waals surface area contributed by atoms with Crippen molar-refractivity contribution in [1.29, 1.82) is 0 Å². The zero-order valence-corrected chi connectivity index (χ0v) is 17.0. The number of carbonyl (C=O) groups excluding carboxylic acids is 3. The van der Waals surface area contributed by atoms with Crippen LogP contribution < -0.4 is 15.0 Å². The molecule has 4 rings (SSSR count). The van der Waals surface area contributed by atoms with Crippen LogP contribution in [0.25, 0.3) is 0 Å². The molecular formula is C23H24N2O5. The first-order valence-electron chi connectivity index (χ1n) is 9.99. The van der Waals surface area contributed by atoms with E-state index in [0.717, 1.165) is 16.9 Å². The maximum atomic E-state index is 13.0. The summed E-state index contributed by atoms with van der Waals surface area (Å²) < 4.78 is 10.5. The number of anilines is 1. The number of para-hydroxylation sites is 1. The second-order valence-electron chi connectivity index (χ2n) is 7.65. The van der Waals surface area contributed by atoms with Gasteiger partial charge in [0, 0.05) is 24.9 Å². The molecule has 2 amide bonds. The molecule has 1 fully saturated rings. The third-order valence-electron chi connectivity index (χ3n) is 5.62. The topological polar surface area (TPSA) is 84.9 Å². The summed E-state index contributed by atoms with van der Waals surface area (Å²) in [5, 5.41) is 3.10. The van der Waals surface area contributed by atoms with Gasteiger partial charge in [0.05, 0.1) is 36.9 Å². The molecule has 1 saturated heterocycles. The highest BCUT2D eigenvalue weighted by Crippen LogP contribution is 2.34. The van der Waals surface area contributed by atoms with Gasteiger partial charge in [-0.3, -0.25) is 9.59 Å². The lowest BCUT2D eigenvalue weighted by Gasteiger charge is -2.28. The molecule has 2 aromatic carbocycles. The number of nitrogens with zero attached hydrogens (tertiary/aromatic N) is 1. The number of nitrogens with one attached hydrogen (secondary N) is 1. The molecule has 0 spiro atoms. The molecule has 2 heterocycles. The van der Waals surface area contributed by atoms with Gasteiger partial charge in [0.25, 0.3) is 0 Å². The van der Waals surface area contributed by atoms with Gasteiger partial charge in [-0.1, -0.05) is 29.8 Å². The maximum Gasteiger partial charge on any atom is 0.339 e. The van der Waals surface area contributed by atoms with E-state index in [9.17, 15) is 14.4 Å². The van der Waals surface area contributed by atoms with Crippen molar-refractivity contribution in [2.75, 3.05) is 25.2 Å². The van der Waals surface area contributed by atoms with Crippen molar-refractivity contribution in [3.8, 4) is 5.75 Å². The second kappa shape index (κ2) is 8.18. The predicted molar refractivity (Wildman–Crippen MR) is 110 cm³/mol. The van der Waals surface area contributed by atoms with Crippen LogP contribution in [0.15, 0.2) is 42.5 Å². The number of hydrogen-bond acceptors (Lipinski definition) is 5. The van der Waals surface area contributed by atoms with Gasteiger partial charge in [0.2, 0.25) is 11.8 Å². The number of esters is 1. The van der Waals surface area contributed by atoms with Crippen LogP contribution >= 0.6 is 0 Å². The maximum absolute atomic E-state index is 13.0. The van der Waals surface area contributed by atoms with Gasteiger partial charge in [0.1, 0.15) is 5.75 Å². The Morgan fingerprint density at radius 1 is 1.20 bits per heavy atom. The van der Waals surface area contributed by atoms with E-state index in [2.05, 4.69) is 5.32 Å². The van der Waals surface area contributed by atoms with Gasteiger partial charge in [-0.2, -0.15) is 0 Å². The Morgan fingerprint density at radius 2 is 2.00 bits per heavy atom. The number of carbonyl (C=O) groups is 3. The van der Waals surface area contributed by atoms with Crippen LogP contribution in [0, 0.1) is 12.8 Å². The van der Waals surface area contributed by atoms with Crippen molar-refractivity contribution < 1.29 is 23.9 Å². The van der Waals surface area contributed by atoms with Crippen LogP contribution in [0.3, 0.4) is 0 Å². The number of rotatable bonds is 4. The first-order valence-corrected chi connectivity index (χ1v) is 9.99. The molecule has 156 valence electrons. The molecule has 0 radical (unpaired) electrons. The molecule has 0 aromatic heterocycles. The molecule has 2 atom stereocenters. The molecule has 2 unspecified atom stereocenters. The van der Waals surface area contributed by atoms with E-state index in [1.54, 1.807) is 24.3 Å². The summed E-state index contributed by atoms with van der Waals surface area (Å²) in [4.78, 5) is 39.2. The molecule has 2 aromatic rings. The average molecular weight is 408 g/mol. The summed E-state index contributed by atoms with van der Waals surface area (Å²) in [7, 11) is 1.30. The first kappa shape index (κ1) is 19.9. The fourth-order valence-electron chi connectivity index (χ4n) is 4.06. The highest BCUT2D eigenvalue weighted by Gasteiger charge is 2.37. The molecule has 2 aliphatic rings. The predicted octanol–water partition coefficient (Wildman–Crippen LogP) is 2.77. The second-order valence-corrected chi connectivity index (χ2v) is 7.65. The summed E-state index contributed by atoms with van der Waals surface area (Å²) in [6.45, 7) is 2.76. The third kappa shape index (κ3) is 3.75. The lowest BCUT2D eigenvalue weighted by molar-refractivity contribution is -0.127.